The van der Waals surface area contributed by atoms with Gasteiger partial charge in [-0.3, -0.25) is 4.79 Å². The normalized spacial score (nSPS) is 18.6. The molecule has 1 fully saturated rings. The van der Waals surface area contributed by atoms with Gasteiger partial charge in [0.1, 0.15) is 0 Å². The number of carboxylic acid groups (broad SMARTS) is 1. The first-order valence-corrected chi connectivity index (χ1v) is 6.95. The second kappa shape index (κ2) is 5.91. The Bertz CT molecular complexity index is 438. The zero-order chi connectivity index (χ0) is 13.0. The van der Waals surface area contributed by atoms with Crippen LogP contribution in [0.15, 0.2) is 24.3 Å². The van der Waals surface area contributed by atoms with Crippen LogP contribution in [0.4, 0.5) is 0 Å². The maximum absolute atomic E-state index is 11.8. The Balaban J connectivity index is 1.89. The molecule has 0 aliphatic carbocycles. The Morgan fingerprint density at radius 1 is 1.28 bits per heavy atom. The average Bonchev–Trinajstić information content (AvgIpc) is 2.89. The summed E-state index contributed by atoms with van der Waals surface area (Å²) in [5.74, 6) is 0.0529. The lowest BCUT2D eigenvalue weighted by atomic mass is 10.1. The fraction of sp³-hybridized carbons (Fsp3) is 0.385. The van der Waals surface area contributed by atoms with Crippen LogP contribution in [0.25, 0.3) is 0 Å². The lowest BCUT2D eigenvalue weighted by Gasteiger charge is -2.10. The summed E-state index contributed by atoms with van der Waals surface area (Å²) in [6.07, 6.45) is 2.38. The summed E-state index contributed by atoms with van der Waals surface area (Å²) in [7, 11) is 0. The molecule has 18 heavy (non-hydrogen) atoms. The standard InChI is InChI=1S/C13H15NO3S/c15-12(14-8-11-2-1-7-18-11)9-3-5-10(6-4-9)13(16)17/h3-6,11H,1-2,7-8H2,(H,14,15)(H,16,17)/t11-/m0/s1. The van der Waals surface area contributed by atoms with Crippen molar-refractivity contribution in [2.45, 2.75) is 18.1 Å². The van der Waals surface area contributed by atoms with Crippen LogP contribution in [-0.2, 0) is 0 Å². The van der Waals surface area contributed by atoms with Gasteiger partial charge in [0, 0.05) is 17.4 Å². The minimum atomic E-state index is -0.982. The summed E-state index contributed by atoms with van der Waals surface area (Å²) in [6.45, 7) is 0.685. The summed E-state index contributed by atoms with van der Waals surface area (Å²) >= 11 is 1.89. The first-order chi connectivity index (χ1) is 8.66. The van der Waals surface area contributed by atoms with Crippen LogP contribution in [0, 0.1) is 0 Å². The largest absolute Gasteiger partial charge is 0.478 e. The van der Waals surface area contributed by atoms with Crippen molar-refractivity contribution in [2.24, 2.45) is 0 Å². The van der Waals surface area contributed by atoms with Gasteiger partial charge in [-0.1, -0.05) is 0 Å². The molecule has 1 aliphatic heterocycles. The number of hydrogen-bond acceptors (Lipinski definition) is 3. The van der Waals surface area contributed by atoms with Gasteiger partial charge < -0.3 is 10.4 Å². The van der Waals surface area contributed by atoms with Gasteiger partial charge in [0.25, 0.3) is 5.91 Å². The van der Waals surface area contributed by atoms with E-state index in [0.717, 1.165) is 6.42 Å². The molecule has 0 unspecified atom stereocenters. The molecule has 2 N–H and O–H groups in total. The number of carboxylic acids is 1. The maximum Gasteiger partial charge on any atom is 0.335 e. The number of benzene rings is 1. The highest BCUT2D eigenvalue weighted by Crippen LogP contribution is 2.25. The summed E-state index contributed by atoms with van der Waals surface area (Å²) in [5.41, 5.74) is 0.695. The summed E-state index contributed by atoms with van der Waals surface area (Å²) in [5, 5.41) is 12.2. The van der Waals surface area contributed by atoms with Gasteiger partial charge in [-0.2, -0.15) is 11.8 Å². The van der Waals surface area contributed by atoms with Crippen molar-refractivity contribution in [3.63, 3.8) is 0 Å². The molecular weight excluding hydrogens is 250 g/mol. The van der Waals surface area contributed by atoms with Crippen LogP contribution in [-0.4, -0.2) is 34.5 Å². The zero-order valence-electron chi connectivity index (χ0n) is 9.89. The number of rotatable bonds is 4. The number of nitrogens with one attached hydrogen (secondary N) is 1. The summed E-state index contributed by atoms with van der Waals surface area (Å²) in [4.78, 5) is 22.5. The predicted octanol–water partition coefficient (Wildman–Crippen LogP) is 2.01. The van der Waals surface area contributed by atoms with E-state index in [9.17, 15) is 9.59 Å². The first kappa shape index (κ1) is 13.0. The molecule has 2 rings (SSSR count). The van der Waals surface area contributed by atoms with Crippen molar-refractivity contribution < 1.29 is 14.7 Å². The third-order valence-corrected chi connectivity index (χ3v) is 4.31. The third-order valence-electron chi connectivity index (χ3n) is 2.91. The van der Waals surface area contributed by atoms with Crippen LogP contribution in [0.1, 0.15) is 33.6 Å². The van der Waals surface area contributed by atoms with Gasteiger partial charge in [0.15, 0.2) is 0 Å². The quantitative estimate of drug-likeness (QED) is 0.874. The molecule has 0 radical (unpaired) electrons. The Kier molecular flexibility index (Phi) is 4.25. The van der Waals surface area contributed by atoms with Gasteiger partial charge in [-0.05, 0) is 42.9 Å². The van der Waals surface area contributed by atoms with Gasteiger partial charge in [-0.15, -0.1) is 0 Å². The molecule has 1 saturated heterocycles. The summed E-state index contributed by atoms with van der Waals surface area (Å²) in [6, 6.07) is 5.98. The fourth-order valence-corrected chi connectivity index (χ4v) is 3.08. The van der Waals surface area contributed by atoms with Crippen molar-refractivity contribution in [3.05, 3.63) is 35.4 Å². The Morgan fingerprint density at radius 2 is 1.94 bits per heavy atom. The minimum Gasteiger partial charge on any atom is -0.478 e. The maximum atomic E-state index is 11.8. The van der Waals surface area contributed by atoms with E-state index in [1.165, 1.54) is 24.3 Å². The smallest absolute Gasteiger partial charge is 0.335 e. The minimum absolute atomic E-state index is 0.139. The second-order valence-electron chi connectivity index (χ2n) is 4.23. The molecule has 4 nitrogen and oxygen atoms in total. The van der Waals surface area contributed by atoms with Crippen LogP contribution < -0.4 is 5.32 Å². The molecule has 1 amide bonds. The molecule has 1 heterocycles. The molecule has 96 valence electrons. The van der Waals surface area contributed by atoms with Crippen LogP contribution in [0.3, 0.4) is 0 Å². The van der Waals surface area contributed by atoms with E-state index in [4.69, 9.17) is 5.11 Å². The fourth-order valence-electron chi connectivity index (χ4n) is 1.88. The molecule has 1 aliphatic rings. The lowest BCUT2D eigenvalue weighted by molar-refractivity contribution is 0.0696. The molecule has 0 aromatic heterocycles. The molecule has 1 atom stereocenters. The highest BCUT2D eigenvalue weighted by molar-refractivity contribution is 8.00. The zero-order valence-corrected chi connectivity index (χ0v) is 10.7. The SMILES string of the molecule is O=C(O)c1ccc(C(=O)NC[C@@H]2CCCS2)cc1. The van der Waals surface area contributed by atoms with Gasteiger partial charge in [0.2, 0.25) is 0 Å². The van der Waals surface area contributed by atoms with Crippen molar-refractivity contribution in [3.8, 4) is 0 Å². The highest BCUT2D eigenvalue weighted by Gasteiger charge is 2.16. The summed E-state index contributed by atoms with van der Waals surface area (Å²) < 4.78 is 0. The number of thioether (sulfide) groups is 1. The second-order valence-corrected chi connectivity index (χ2v) is 5.64. The number of carbonyl (C=O) groups excluding carboxylic acids is 1. The van der Waals surface area contributed by atoms with Crippen LogP contribution in [0.2, 0.25) is 0 Å². The highest BCUT2D eigenvalue weighted by atomic mass is 32.2. The molecule has 1 aromatic rings. The van der Waals surface area contributed by atoms with Crippen molar-refractivity contribution in [1.29, 1.82) is 0 Å². The molecule has 5 heteroatoms. The van der Waals surface area contributed by atoms with Crippen LogP contribution >= 0.6 is 11.8 Å². The van der Waals surface area contributed by atoms with Gasteiger partial charge >= 0.3 is 5.97 Å². The number of carbonyl (C=O) groups is 2. The van der Waals surface area contributed by atoms with E-state index < -0.39 is 5.97 Å². The number of aromatic carboxylic acids is 1. The predicted molar refractivity (Wildman–Crippen MR) is 71.2 cm³/mol. The van der Waals surface area contributed by atoms with E-state index in [-0.39, 0.29) is 11.5 Å². The molecule has 0 bridgehead atoms. The van der Waals surface area contributed by atoms with E-state index in [1.54, 1.807) is 12.1 Å². The van der Waals surface area contributed by atoms with Gasteiger partial charge in [0.05, 0.1) is 5.56 Å². The van der Waals surface area contributed by atoms with Crippen molar-refractivity contribution >= 4 is 23.6 Å². The van der Waals surface area contributed by atoms with Crippen molar-refractivity contribution in [2.75, 3.05) is 12.3 Å². The third kappa shape index (κ3) is 3.26. The first-order valence-electron chi connectivity index (χ1n) is 5.90. The Morgan fingerprint density at radius 3 is 2.50 bits per heavy atom. The molecular formula is C13H15NO3S. The topological polar surface area (TPSA) is 66.4 Å². The number of hydrogen-bond donors (Lipinski definition) is 2. The molecule has 0 spiro atoms. The van der Waals surface area contributed by atoms with E-state index >= 15 is 0 Å². The molecule has 0 saturated carbocycles. The number of amides is 1. The van der Waals surface area contributed by atoms with E-state index in [0.29, 0.717) is 17.4 Å². The Labute approximate surface area is 110 Å². The average molecular weight is 265 g/mol. The Hall–Kier alpha value is -1.49. The van der Waals surface area contributed by atoms with Crippen LogP contribution in [0.5, 0.6) is 0 Å². The molecule has 1 aromatic carbocycles. The monoisotopic (exact) mass is 265 g/mol. The van der Waals surface area contributed by atoms with E-state index in [2.05, 4.69) is 5.32 Å². The lowest BCUT2D eigenvalue weighted by Crippen LogP contribution is -2.29. The van der Waals surface area contributed by atoms with E-state index in [1.807, 2.05) is 11.8 Å². The van der Waals surface area contributed by atoms with Gasteiger partial charge in [-0.25, -0.2) is 4.79 Å². The van der Waals surface area contributed by atoms with Crippen molar-refractivity contribution in [1.82, 2.24) is 5.32 Å².